The molecule has 0 aliphatic carbocycles. The van der Waals surface area contributed by atoms with Crippen LogP contribution in [0.25, 0.3) is 0 Å². The molecule has 67 heavy (non-hydrogen) atoms. The van der Waals surface area contributed by atoms with Crippen LogP contribution in [0, 0.1) is 17.8 Å². The number of carbonyl (C=O) groups is 11. The summed E-state index contributed by atoms with van der Waals surface area (Å²) in [6, 6.07) is -2.99. The molecular weight excluding hydrogens is 881 g/mol. The molecule has 24 heteroatoms. The minimum absolute atomic E-state index is 0.0421. The van der Waals surface area contributed by atoms with E-state index in [1.807, 2.05) is 0 Å². The van der Waals surface area contributed by atoms with Gasteiger partial charge in [-0.3, -0.25) is 47.9 Å². The topological polar surface area (TPSA) is 388 Å². The number of hydrogen-bond acceptors (Lipinski definition) is 13. The summed E-state index contributed by atoms with van der Waals surface area (Å²) in [6.07, 6.45) is -1.48. The number of aliphatic hydroxyl groups is 1. The first-order valence-electron chi connectivity index (χ1n) is 21.9. The lowest BCUT2D eigenvalue weighted by Gasteiger charge is -2.32. The number of nitrogens with two attached hydrogens (primary N) is 2. The summed E-state index contributed by atoms with van der Waals surface area (Å²) in [7, 11) is 0. The van der Waals surface area contributed by atoms with E-state index in [9.17, 15) is 68.1 Å². The van der Waals surface area contributed by atoms with E-state index in [2.05, 4.69) is 37.2 Å². The van der Waals surface area contributed by atoms with Crippen molar-refractivity contribution in [2.75, 3.05) is 19.7 Å². The molecule has 1 aliphatic rings. The molecule has 0 radical (unpaired) electrons. The van der Waals surface area contributed by atoms with E-state index in [-0.39, 0.29) is 19.4 Å². The summed E-state index contributed by atoms with van der Waals surface area (Å²) in [5.74, 6) is -12.6. The Morgan fingerprint density at radius 1 is 0.657 bits per heavy atom. The van der Waals surface area contributed by atoms with E-state index in [4.69, 9.17) is 11.5 Å². The van der Waals surface area contributed by atoms with Gasteiger partial charge in [-0.05, 0) is 42.6 Å². The van der Waals surface area contributed by atoms with E-state index in [1.54, 1.807) is 71.9 Å². The van der Waals surface area contributed by atoms with Crippen LogP contribution in [0.3, 0.4) is 0 Å². The summed E-state index contributed by atoms with van der Waals surface area (Å²) in [4.78, 5) is 144. The molecule has 1 aromatic carbocycles. The fourth-order valence-electron chi connectivity index (χ4n) is 7.05. The molecule has 0 bridgehead atoms. The van der Waals surface area contributed by atoms with Gasteiger partial charge in [-0.2, -0.15) is 0 Å². The molecule has 0 saturated carbocycles. The molecule has 1 saturated heterocycles. The maximum absolute atomic E-state index is 14.3. The number of nitrogens with one attached hydrogen (secondary N) is 7. The van der Waals surface area contributed by atoms with Gasteiger partial charge >= 0.3 is 11.9 Å². The number of carbonyl (C=O) groups excluding carboxylic acids is 9. The second-order valence-electron chi connectivity index (χ2n) is 17.2. The van der Waals surface area contributed by atoms with Gasteiger partial charge in [0.25, 0.3) is 0 Å². The zero-order chi connectivity index (χ0) is 50.7. The number of primary amides is 1. The zero-order valence-electron chi connectivity index (χ0n) is 38.5. The Labute approximate surface area is 387 Å². The predicted molar refractivity (Wildman–Crippen MR) is 237 cm³/mol. The summed E-state index contributed by atoms with van der Waals surface area (Å²) in [5.41, 5.74) is 11.3. The highest BCUT2D eigenvalue weighted by Crippen LogP contribution is 2.21. The normalized spacial score (nSPS) is 16.6. The Morgan fingerprint density at radius 3 is 1.70 bits per heavy atom. The number of likely N-dealkylation sites (tertiary alicyclic amines) is 1. The van der Waals surface area contributed by atoms with Gasteiger partial charge in [-0.15, -0.1) is 0 Å². The molecule has 1 fully saturated rings. The van der Waals surface area contributed by atoms with E-state index in [0.29, 0.717) is 12.0 Å². The van der Waals surface area contributed by atoms with E-state index >= 15 is 0 Å². The van der Waals surface area contributed by atoms with Gasteiger partial charge in [0.2, 0.25) is 53.2 Å². The standard InChI is InChI=1S/C43H66N10O14/c1-21(2)33(50-31(56)19-44)41(64)48-27(18-32(57)58)38(61)46-25(14-15-30(45)55)36(59)51-34(22(3)4)42(65)53-16-10-13-29(53)40(63)47-26(17-24-11-8-7-9-12-24)37(60)49-28(20-54)39(62)52-35(23(5)6)43(66)67/h7-9,11-12,21-23,25-29,33-35,54H,10,13-20,44H2,1-6H3,(H2,45,55)(H,46,61)(H,47,63)(H,48,64)(H,49,60)(H,50,56)(H,51,59)(H,52,62)(H,57,58)(H,66,67)/t25-,26-,27-,28-,29-,33-,34-,35-/m0/s1. The maximum atomic E-state index is 14.3. The van der Waals surface area contributed by atoms with Crippen molar-refractivity contribution in [2.24, 2.45) is 29.2 Å². The Kier molecular flexibility index (Phi) is 22.8. The third-order valence-corrected chi connectivity index (χ3v) is 10.8. The first-order chi connectivity index (χ1) is 31.4. The lowest BCUT2D eigenvalue weighted by molar-refractivity contribution is -0.144. The van der Waals surface area contributed by atoms with Crippen LogP contribution in [0.1, 0.15) is 79.2 Å². The van der Waals surface area contributed by atoms with E-state index in [0.717, 1.165) is 0 Å². The number of aliphatic carboxylic acids is 2. The average molecular weight is 947 g/mol. The second kappa shape index (κ2) is 27.1. The van der Waals surface area contributed by atoms with Crippen molar-refractivity contribution in [1.82, 2.24) is 42.1 Å². The monoisotopic (exact) mass is 946 g/mol. The molecule has 0 unspecified atom stereocenters. The number of carboxylic acids is 2. The fraction of sp³-hybridized carbons (Fsp3) is 0.605. The van der Waals surface area contributed by atoms with Gasteiger partial charge < -0.3 is 68.9 Å². The van der Waals surface area contributed by atoms with Gasteiger partial charge in [0.15, 0.2) is 0 Å². The smallest absolute Gasteiger partial charge is 0.326 e. The SMILES string of the molecule is CC(C)[C@H](NC(=O)[C@H](CO)NC(=O)[C@H](Cc1ccccc1)NC(=O)[C@@H]1CCCN1C(=O)[C@@H](NC(=O)[C@H](CCC(N)=O)NC(=O)[C@H](CC(=O)O)NC(=O)[C@@H](NC(=O)CN)C(C)C)C(C)C)C(=O)O. The molecule has 0 aromatic heterocycles. The first-order valence-corrected chi connectivity index (χ1v) is 21.9. The summed E-state index contributed by atoms with van der Waals surface area (Å²) >= 11 is 0. The molecule has 1 heterocycles. The molecule has 8 atom stereocenters. The number of nitrogens with zero attached hydrogens (tertiary/aromatic N) is 1. The lowest BCUT2D eigenvalue weighted by Crippen LogP contribution is -2.61. The number of amides is 9. The Bertz CT molecular complexity index is 1950. The Hall–Kier alpha value is -6.69. The quantitative estimate of drug-likeness (QED) is 0.0405. The van der Waals surface area contributed by atoms with Crippen LogP contribution in [0.5, 0.6) is 0 Å². The minimum atomic E-state index is -1.79. The zero-order valence-corrected chi connectivity index (χ0v) is 38.5. The fourth-order valence-corrected chi connectivity index (χ4v) is 7.05. The molecule has 1 aromatic rings. The molecule has 14 N–H and O–H groups in total. The van der Waals surface area contributed by atoms with Crippen LogP contribution in [0.4, 0.5) is 0 Å². The van der Waals surface area contributed by atoms with Crippen LogP contribution < -0.4 is 48.7 Å². The van der Waals surface area contributed by atoms with Crippen molar-refractivity contribution < 1.29 is 68.1 Å². The van der Waals surface area contributed by atoms with Crippen LogP contribution in [0.2, 0.25) is 0 Å². The van der Waals surface area contributed by atoms with E-state index < -0.39 is 164 Å². The second-order valence-corrected chi connectivity index (χ2v) is 17.2. The van der Waals surface area contributed by atoms with Crippen LogP contribution in [0.15, 0.2) is 30.3 Å². The average Bonchev–Trinajstić information content (AvgIpc) is 3.76. The van der Waals surface area contributed by atoms with Crippen molar-refractivity contribution in [3.05, 3.63) is 35.9 Å². The van der Waals surface area contributed by atoms with Gasteiger partial charge in [-0.25, -0.2) is 4.79 Å². The Balaban J connectivity index is 2.37. The molecule has 1 aliphatic heterocycles. The third kappa shape index (κ3) is 17.9. The molecule has 372 valence electrons. The van der Waals surface area contributed by atoms with Crippen molar-refractivity contribution in [3.63, 3.8) is 0 Å². The van der Waals surface area contributed by atoms with Gasteiger partial charge in [0, 0.05) is 19.4 Å². The number of benzene rings is 1. The highest BCUT2D eigenvalue weighted by Gasteiger charge is 2.41. The van der Waals surface area contributed by atoms with Gasteiger partial charge in [-0.1, -0.05) is 71.9 Å². The van der Waals surface area contributed by atoms with Crippen molar-refractivity contribution in [2.45, 2.75) is 128 Å². The number of hydrogen-bond donors (Lipinski definition) is 12. The molecule has 2 rings (SSSR count). The predicted octanol–water partition coefficient (Wildman–Crippen LogP) is -3.64. The van der Waals surface area contributed by atoms with Crippen molar-refractivity contribution >= 4 is 65.1 Å². The molecule has 24 nitrogen and oxygen atoms in total. The maximum Gasteiger partial charge on any atom is 0.326 e. The lowest BCUT2D eigenvalue weighted by atomic mass is 10.00. The number of rotatable bonds is 27. The molecular formula is C43H66N10O14. The van der Waals surface area contributed by atoms with Crippen molar-refractivity contribution in [1.29, 1.82) is 0 Å². The summed E-state index contributed by atoms with van der Waals surface area (Å²) < 4.78 is 0. The highest BCUT2D eigenvalue weighted by atomic mass is 16.4. The molecule has 0 spiro atoms. The minimum Gasteiger partial charge on any atom is -0.481 e. The first kappa shape index (κ1) is 56.4. The Morgan fingerprint density at radius 2 is 1.18 bits per heavy atom. The van der Waals surface area contributed by atoms with Gasteiger partial charge in [0.1, 0.15) is 48.3 Å². The van der Waals surface area contributed by atoms with Crippen LogP contribution >= 0.6 is 0 Å². The van der Waals surface area contributed by atoms with Gasteiger partial charge in [0.05, 0.1) is 19.6 Å². The van der Waals surface area contributed by atoms with Crippen LogP contribution in [-0.2, 0) is 59.2 Å². The number of aliphatic hydroxyl groups excluding tert-OH is 1. The van der Waals surface area contributed by atoms with Crippen molar-refractivity contribution in [3.8, 4) is 0 Å². The number of carboxylic acid groups (broad SMARTS) is 2. The summed E-state index contributed by atoms with van der Waals surface area (Å²) in [6.45, 7) is 8.12. The third-order valence-electron chi connectivity index (χ3n) is 10.8. The van der Waals surface area contributed by atoms with E-state index in [1.165, 1.54) is 4.90 Å². The summed E-state index contributed by atoms with van der Waals surface area (Å²) in [5, 5.41) is 46.0. The molecule has 9 amide bonds. The van der Waals surface area contributed by atoms with Crippen LogP contribution in [-0.4, -0.2) is 153 Å². The largest absolute Gasteiger partial charge is 0.481 e. The highest BCUT2D eigenvalue weighted by molar-refractivity contribution is 5.99.